The number of ether oxygens (including phenoxy) is 3. The third kappa shape index (κ3) is 5.12. The van der Waals surface area contributed by atoms with Crippen LogP contribution in [0.4, 0.5) is 11.4 Å². The van der Waals surface area contributed by atoms with E-state index < -0.39 is 0 Å². The Kier molecular flexibility index (Phi) is 6.75. The summed E-state index contributed by atoms with van der Waals surface area (Å²) < 4.78 is 17.6. The summed E-state index contributed by atoms with van der Waals surface area (Å²) >= 11 is 1.39. The molecule has 3 aromatic carbocycles. The van der Waals surface area contributed by atoms with Gasteiger partial charge in [0, 0.05) is 28.2 Å². The molecule has 5 rings (SSSR count). The molecule has 184 valence electrons. The zero-order valence-electron chi connectivity index (χ0n) is 19.6. The molecule has 4 aromatic rings. The van der Waals surface area contributed by atoms with Crippen molar-refractivity contribution in [2.75, 3.05) is 37.0 Å². The number of nitrogens with two attached hydrogens (primary N) is 1. The number of thiophene rings is 1. The maximum atomic E-state index is 13.0. The van der Waals surface area contributed by atoms with Crippen LogP contribution in [0.2, 0.25) is 0 Å². The van der Waals surface area contributed by atoms with Crippen molar-refractivity contribution in [2.45, 2.75) is 6.92 Å². The van der Waals surface area contributed by atoms with Crippen molar-refractivity contribution >= 4 is 44.6 Å². The van der Waals surface area contributed by atoms with Crippen molar-refractivity contribution in [2.24, 2.45) is 5.73 Å². The molecule has 8 nitrogen and oxygen atoms in total. The Labute approximate surface area is 212 Å². The van der Waals surface area contributed by atoms with Crippen molar-refractivity contribution in [1.29, 1.82) is 0 Å². The standard InChI is InChI=1S/C27H25N3O5S/c1-16-2-5-19(29-26(31)18-4-7-22-23(12-18)35-11-10-34-22)14-21(16)30-27(32)25-13-17-3-6-20(33-9-8-28)15-24(17)36-25/h2-7,12-15H,8-11,28H2,1H3,(H,29,31)(H,30,32). The normalized spacial score (nSPS) is 12.3. The molecule has 0 bridgehead atoms. The van der Waals surface area contributed by atoms with Gasteiger partial charge in [-0.05, 0) is 72.5 Å². The Morgan fingerprint density at radius 3 is 2.61 bits per heavy atom. The van der Waals surface area contributed by atoms with E-state index in [0.717, 1.165) is 21.4 Å². The molecule has 0 unspecified atom stereocenters. The molecular formula is C27H25N3O5S. The highest BCUT2D eigenvalue weighted by Crippen LogP contribution is 2.32. The third-order valence-corrected chi connectivity index (χ3v) is 6.75. The quantitative estimate of drug-likeness (QED) is 0.333. The van der Waals surface area contributed by atoms with Gasteiger partial charge in [0.1, 0.15) is 25.6 Å². The number of hydrogen-bond acceptors (Lipinski definition) is 7. The number of benzene rings is 3. The number of rotatable bonds is 7. The summed E-state index contributed by atoms with van der Waals surface area (Å²) in [5.41, 5.74) is 8.00. The molecule has 0 atom stereocenters. The minimum atomic E-state index is -0.287. The Hall–Kier alpha value is -4.08. The summed E-state index contributed by atoms with van der Waals surface area (Å²) in [6.07, 6.45) is 0. The molecule has 2 amide bonds. The van der Waals surface area contributed by atoms with E-state index in [-0.39, 0.29) is 11.8 Å². The van der Waals surface area contributed by atoms with Gasteiger partial charge in [-0.3, -0.25) is 9.59 Å². The van der Waals surface area contributed by atoms with Gasteiger partial charge >= 0.3 is 0 Å². The second-order valence-electron chi connectivity index (χ2n) is 8.24. The summed E-state index contributed by atoms with van der Waals surface area (Å²) in [5.74, 6) is 1.38. The Balaban J connectivity index is 1.30. The number of hydrogen-bond donors (Lipinski definition) is 3. The van der Waals surface area contributed by atoms with Crippen molar-refractivity contribution in [3.63, 3.8) is 0 Å². The lowest BCUT2D eigenvalue weighted by atomic mass is 10.1. The van der Waals surface area contributed by atoms with Crippen LogP contribution in [0.5, 0.6) is 17.2 Å². The Bertz CT molecular complexity index is 1450. The van der Waals surface area contributed by atoms with Gasteiger partial charge in [0.15, 0.2) is 11.5 Å². The zero-order chi connectivity index (χ0) is 25.1. The van der Waals surface area contributed by atoms with E-state index in [1.54, 1.807) is 30.3 Å². The topological polar surface area (TPSA) is 112 Å². The number of carbonyl (C=O) groups is 2. The summed E-state index contributed by atoms with van der Waals surface area (Å²) in [6.45, 7) is 3.70. The van der Waals surface area contributed by atoms with Gasteiger partial charge < -0.3 is 30.6 Å². The van der Waals surface area contributed by atoms with Gasteiger partial charge in [0.25, 0.3) is 11.8 Å². The van der Waals surface area contributed by atoms with Gasteiger partial charge in [0.05, 0.1) is 4.88 Å². The number of anilines is 2. The van der Waals surface area contributed by atoms with Crippen molar-refractivity contribution in [1.82, 2.24) is 0 Å². The first-order chi connectivity index (χ1) is 17.5. The largest absolute Gasteiger partial charge is 0.492 e. The third-order valence-electron chi connectivity index (χ3n) is 5.65. The SMILES string of the molecule is Cc1ccc(NC(=O)c2ccc3c(c2)OCCO3)cc1NC(=O)c1cc2ccc(OCCN)cc2s1. The summed E-state index contributed by atoms with van der Waals surface area (Å²) in [6, 6.07) is 18.0. The lowest BCUT2D eigenvalue weighted by molar-refractivity contribution is 0.102. The maximum Gasteiger partial charge on any atom is 0.265 e. The zero-order valence-corrected chi connectivity index (χ0v) is 20.4. The van der Waals surface area contributed by atoms with Crippen LogP contribution < -0.4 is 30.6 Å². The van der Waals surface area contributed by atoms with Crippen LogP contribution in [-0.2, 0) is 0 Å². The molecule has 0 spiro atoms. The first-order valence-corrected chi connectivity index (χ1v) is 12.3. The van der Waals surface area contributed by atoms with E-state index in [9.17, 15) is 9.59 Å². The molecule has 0 fully saturated rings. The van der Waals surface area contributed by atoms with Crippen LogP contribution >= 0.6 is 11.3 Å². The number of nitrogens with one attached hydrogen (secondary N) is 2. The average molecular weight is 504 g/mol. The van der Waals surface area contributed by atoms with E-state index in [4.69, 9.17) is 19.9 Å². The first kappa shape index (κ1) is 23.7. The van der Waals surface area contributed by atoms with Gasteiger partial charge in [-0.2, -0.15) is 0 Å². The van der Waals surface area contributed by atoms with Crippen molar-refractivity contribution in [3.05, 3.63) is 76.7 Å². The van der Waals surface area contributed by atoms with Crippen LogP contribution in [-0.4, -0.2) is 38.2 Å². The molecule has 1 aromatic heterocycles. The van der Waals surface area contributed by atoms with Gasteiger partial charge in [0.2, 0.25) is 0 Å². The van der Waals surface area contributed by atoms with E-state index in [1.807, 2.05) is 37.3 Å². The molecule has 2 heterocycles. The van der Waals surface area contributed by atoms with E-state index in [0.29, 0.717) is 59.7 Å². The first-order valence-electron chi connectivity index (χ1n) is 11.5. The number of amides is 2. The van der Waals surface area contributed by atoms with E-state index in [2.05, 4.69) is 10.6 Å². The summed E-state index contributed by atoms with van der Waals surface area (Å²) in [7, 11) is 0. The predicted octanol–water partition coefficient (Wildman–Crippen LogP) is 4.82. The number of fused-ring (bicyclic) bond motifs is 2. The fraction of sp³-hybridized carbons (Fsp3) is 0.185. The van der Waals surface area contributed by atoms with Crippen LogP contribution in [0.3, 0.4) is 0 Å². The molecule has 9 heteroatoms. The van der Waals surface area contributed by atoms with Crippen LogP contribution in [0, 0.1) is 6.92 Å². The molecule has 1 aliphatic heterocycles. The molecule has 0 radical (unpaired) electrons. The molecular weight excluding hydrogens is 478 g/mol. The van der Waals surface area contributed by atoms with Gasteiger partial charge in [-0.25, -0.2) is 0 Å². The van der Waals surface area contributed by atoms with Crippen LogP contribution in [0.1, 0.15) is 25.6 Å². The average Bonchev–Trinajstić information content (AvgIpc) is 3.33. The van der Waals surface area contributed by atoms with Gasteiger partial charge in [-0.15, -0.1) is 11.3 Å². The minimum Gasteiger partial charge on any atom is -0.492 e. The fourth-order valence-electron chi connectivity index (χ4n) is 3.80. The molecule has 0 saturated carbocycles. The predicted molar refractivity (Wildman–Crippen MR) is 141 cm³/mol. The second kappa shape index (κ2) is 10.3. The highest BCUT2D eigenvalue weighted by Gasteiger charge is 2.16. The lowest BCUT2D eigenvalue weighted by Crippen LogP contribution is -2.17. The highest BCUT2D eigenvalue weighted by atomic mass is 32.1. The molecule has 36 heavy (non-hydrogen) atoms. The van der Waals surface area contributed by atoms with Gasteiger partial charge in [-0.1, -0.05) is 6.07 Å². The minimum absolute atomic E-state index is 0.223. The fourth-order valence-corrected chi connectivity index (χ4v) is 4.78. The van der Waals surface area contributed by atoms with Crippen LogP contribution in [0.25, 0.3) is 10.1 Å². The smallest absolute Gasteiger partial charge is 0.265 e. The maximum absolute atomic E-state index is 13.0. The number of carbonyl (C=O) groups excluding carboxylic acids is 2. The monoisotopic (exact) mass is 503 g/mol. The van der Waals surface area contributed by atoms with Crippen molar-refractivity contribution < 1.29 is 23.8 Å². The summed E-state index contributed by atoms with van der Waals surface area (Å²) in [4.78, 5) is 26.4. The Morgan fingerprint density at radius 2 is 1.78 bits per heavy atom. The lowest BCUT2D eigenvalue weighted by Gasteiger charge is -2.18. The summed E-state index contributed by atoms with van der Waals surface area (Å²) in [5, 5.41) is 6.81. The second-order valence-corrected chi connectivity index (χ2v) is 9.33. The molecule has 0 aliphatic carbocycles. The highest BCUT2D eigenvalue weighted by molar-refractivity contribution is 7.20. The van der Waals surface area contributed by atoms with Crippen LogP contribution in [0.15, 0.2) is 60.7 Å². The Morgan fingerprint density at radius 1 is 0.944 bits per heavy atom. The molecule has 1 aliphatic rings. The molecule has 0 saturated heterocycles. The molecule has 4 N–H and O–H groups in total. The van der Waals surface area contributed by atoms with E-state index in [1.165, 1.54) is 11.3 Å². The van der Waals surface area contributed by atoms with Crippen molar-refractivity contribution in [3.8, 4) is 17.2 Å². The van der Waals surface area contributed by atoms with E-state index >= 15 is 0 Å². The number of aryl methyl sites for hydroxylation is 1.